The molecule has 6 atom stereocenters. The minimum Gasteiger partial charge on any atom is -0.395 e. The summed E-state index contributed by atoms with van der Waals surface area (Å²) in [6.07, 6.45) is 14.5. The van der Waals surface area contributed by atoms with Gasteiger partial charge < -0.3 is 24.2 Å². The van der Waals surface area contributed by atoms with Gasteiger partial charge in [-0.05, 0) is 80.5 Å². The fourth-order valence-corrected chi connectivity index (χ4v) is 9.45. The molecule has 2 heterocycles. The molecule has 3 saturated carbocycles. The van der Waals surface area contributed by atoms with Crippen molar-refractivity contribution in [1.82, 2.24) is 4.90 Å². The van der Waals surface area contributed by atoms with E-state index in [2.05, 4.69) is 32.6 Å². The maximum Gasteiger partial charge on any atom is 0.160 e. The first-order chi connectivity index (χ1) is 16.8. The lowest BCUT2D eigenvalue weighted by atomic mass is 9.42. The molecule has 0 radical (unpaired) electrons. The number of hydrogen-bond acceptors (Lipinski definition) is 5. The van der Waals surface area contributed by atoms with Gasteiger partial charge in [-0.3, -0.25) is 0 Å². The third kappa shape index (κ3) is 5.11. The SMILES string of the molecule is CC1(C)CCC2[C@]3(C)CO[C@@H](C4CCCC4)O[C@@H]3CC[C@@]2(C)[C@@H]1CCOC1CCN(CCO)CC1. The quantitative estimate of drug-likeness (QED) is 0.499. The summed E-state index contributed by atoms with van der Waals surface area (Å²) in [6.45, 7) is 15.1. The van der Waals surface area contributed by atoms with Crippen LogP contribution in [0.15, 0.2) is 0 Å². The van der Waals surface area contributed by atoms with Crippen molar-refractivity contribution in [3.63, 3.8) is 0 Å². The molecule has 0 aromatic heterocycles. The van der Waals surface area contributed by atoms with Gasteiger partial charge in [-0.15, -0.1) is 0 Å². The number of likely N-dealkylation sites (tertiary alicyclic amines) is 1. The normalized spacial score (nSPS) is 43.1. The van der Waals surface area contributed by atoms with Gasteiger partial charge in [0.1, 0.15) is 0 Å². The third-order valence-corrected chi connectivity index (χ3v) is 11.4. The summed E-state index contributed by atoms with van der Waals surface area (Å²) in [5, 5.41) is 9.20. The lowest BCUT2D eigenvalue weighted by Crippen LogP contribution is -2.63. The second kappa shape index (κ2) is 10.5. The van der Waals surface area contributed by atoms with Crippen LogP contribution in [-0.4, -0.2) is 68.0 Å². The van der Waals surface area contributed by atoms with E-state index in [1.54, 1.807) is 0 Å². The highest BCUT2D eigenvalue weighted by Crippen LogP contribution is 2.66. The van der Waals surface area contributed by atoms with Gasteiger partial charge in [-0.25, -0.2) is 0 Å². The molecular formula is C30H53NO4. The molecule has 5 fully saturated rings. The number of fused-ring (bicyclic) bond motifs is 3. The number of rotatable bonds is 7. The van der Waals surface area contributed by atoms with E-state index in [0.29, 0.717) is 40.8 Å². The standard InChI is InChI=1S/C30H53NO4/c1-28(2)14-9-25-29(3,24(28)13-20-33-23-11-16-31(17-12-23)18-19-32)15-10-26-30(25,4)21-34-27(35-26)22-7-5-6-8-22/h22-27,32H,5-21H2,1-4H3/t24-,25?,26-,27-,29+,30+/m1/s1. The highest BCUT2D eigenvalue weighted by molar-refractivity contribution is 5.10. The molecule has 202 valence electrons. The zero-order valence-corrected chi connectivity index (χ0v) is 23.1. The van der Waals surface area contributed by atoms with Crippen LogP contribution in [0.4, 0.5) is 0 Å². The van der Waals surface area contributed by atoms with E-state index >= 15 is 0 Å². The maximum absolute atomic E-state index is 9.20. The monoisotopic (exact) mass is 491 g/mol. The molecule has 0 bridgehead atoms. The van der Waals surface area contributed by atoms with Crippen LogP contribution in [0.5, 0.6) is 0 Å². The summed E-state index contributed by atoms with van der Waals surface area (Å²) in [5.41, 5.74) is 0.816. The van der Waals surface area contributed by atoms with Gasteiger partial charge in [0.15, 0.2) is 6.29 Å². The Morgan fingerprint density at radius 1 is 0.914 bits per heavy atom. The molecule has 1 N–H and O–H groups in total. The molecule has 5 rings (SSSR count). The molecule has 0 aromatic rings. The van der Waals surface area contributed by atoms with Crippen LogP contribution in [0, 0.1) is 34.0 Å². The summed E-state index contributed by atoms with van der Waals surface area (Å²) >= 11 is 0. The molecule has 0 aromatic carbocycles. The van der Waals surface area contributed by atoms with E-state index in [1.807, 2.05) is 0 Å². The first-order valence-electron chi connectivity index (χ1n) is 15.0. The highest BCUT2D eigenvalue weighted by Gasteiger charge is 2.62. The molecule has 0 amide bonds. The maximum atomic E-state index is 9.20. The molecule has 2 aliphatic heterocycles. The number of ether oxygens (including phenoxy) is 3. The Kier molecular flexibility index (Phi) is 7.94. The number of aliphatic hydroxyl groups excluding tert-OH is 1. The van der Waals surface area contributed by atoms with Gasteiger partial charge >= 0.3 is 0 Å². The summed E-state index contributed by atoms with van der Waals surface area (Å²) in [7, 11) is 0. The zero-order valence-electron chi connectivity index (χ0n) is 23.1. The number of hydrogen-bond donors (Lipinski definition) is 1. The van der Waals surface area contributed by atoms with Crippen molar-refractivity contribution in [2.24, 2.45) is 34.0 Å². The average Bonchev–Trinajstić information content (AvgIpc) is 3.36. The highest BCUT2D eigenvalue weighted by atomic mass is 16.7. The second-order valence-electron chi connectivity index (χ2n) is 14.0. The van der Waals surface area contributed by atoms with Crippen molar-refractivity contribution in [3.05, 3.63) is 0 Å². The Morgan fingerprint density at radius 2 is 1.66 bits per heavy atom. The predicted molar refractivity (Wildman–Crippen MR) is 139 cm³/mol. The molecule has 3 aliphatic carbocycles. The lowest BCUT2D eigenvalue weighted by Gasteiger charge is -2.65. The van der Waals surface area contributed by atoms with Crippen LogP contribution in [-0.2, 0) is 14.2 Å². The molecule has 0 spiro atoms. The first-order valence-corrected chi connectivity index (χ1v) is 15.0. The van der Waals surface area contributed by atoms with Gasteiger partial charge in [0.25, 0.3) is 0 Å². The van der Waals surface area contributed by atoms with Crippen LogP contribution >= 0.6 is 0 Å². The fraction of sp³-hybridized carbons (Fsp3) is 1.00. The number of aliphatic hydroxyl groups is 1. The Labute approximate surface area is 214 Å². The smallest absolute Gasteiger partial charge is 0.160 e. The zero-order chi connectivity index (χ0) is 24.7. The van der Waals surface area contributed by atoms with Crippen molar-refractivity contribution in [2.45, 2.75) is 117 Å². The van der Waals surface area contributed by atoms with Crippen molar-refractivity contribution in [1.29, 1.82) is 0 Å². The molecule has 1 unspecified atom stereocenters. The largest absolute Gasteiger partial charge is 0.395 e. The predicted octanol–water partition coefficient (Wildman–Crippen LogP) is 5.64. The molecule has 5 aliphatic rings. The van der Waals surface area contributed by atoms with Crippen molar-refractivity contribution in [3.8, 4) is 0 Å². The van der Waals surface area contributed by atoms with Crippen LogP contribution in [0.1, 0.15) is 98.3 Å². The van der Waals surface area contributed by atoms with Crippen molar-refractivity contribution < 1.29 is 19.3 Å². The van der Waals surface area contributed by atoms with Crippen LogP contribution in [0.3, 0.4) is 0 Å². The molecule has 2 saturated heterocycles. The van der Waals surface area contributed by atoms with Gasteiger partial charge in [0.05, 0.1) is 25.4 Å². The Bertz CT molecular complexity index is 700. The summed E-state index contributed by atoms with van der Waals surface area (Å²) < 4.78 is 19.8. The van der Waals surface area contributed by atoms with E-state index in [1.165, 1.54) is 57.8 Å². The first kappa shape index (κ1) is 26.4. The minimum absolute atomic E-state index is 0.0490. The van der Waals surface area contributed by atoms with Gasteiger partial charge in [0, 0.05) is 37.6 Å². The number of piperidine rings is 1. The third-order valence-electron chi connectivity index (χ3n) is 11.4. The molecule has 5 nitrogen and oxygen atoms in total. The lowest BCUT2D eigenvalue weighted by molar-refractivity contribution is -0.322. The average molecular weight is 492 g/mol. The van der Waals surface area contributed by atoms with Gasteiger partial charge in [-0.2, -0.15) is 0 Å². The Morgan fingerprint density at radius 3 is 2.37 bits per heavy atom. The fourth-order valence-electron chi connectivity index (χ4n) is 9.45. The van der Waals surface area contributed by atoms with Crippen molar-refractivity contribution in [2.75, 3.05) is 39.5 Å². The van der Waals surface area contributed by atoms with Crippen molar-refractivity contribution >= 4 is 0 Å². The Hall–Kier alpha value is -0.200. The van der Waals surface area contributed by atoms with E-state index in [9.17, 15) is 5.11 Å². The minimum atomic E-state index is 0.0490. The topological polar surface area (TPSA) is 51.2 Å². The van der Waals surface area contributed by atoms with E-state index in [-0.39, 0.29) is 18.3 Å². The van der Waals surface area contributed by atoms with Gasteiger partial charge in [0.2, 0.25) is 0 Å². The van der Waals surface area contributed by atoms with Crippen LogP contribution in [0.25, 0.3) is 0 Å². The number of nitrogens with zero attached hydrogens (tertiary/aromatic N) is 1. The van der Waals surface area contributed by atoms with E-state index in [4.69, 9.17) is 14.2 Å². The van der Waals surface area contributed by atoms with Gasteiger partial charge in [-0.1, -0.05) is 40.5 Å². The number of β-amino-alcohol motifs (C(OH)–C–C–N with tert-alkyl or cyclic N) is 1. The van der Waals surface area contributed by atoms with Crippen LogP contribution in [0.2, 0.25) is 0 Å². The summed E-state index contributed by atoms with van der Waals surface area (Å²) in [4.78, 5) is 2.36. The second-order valence-corrected chi connectivity index (χ2v) is 14.0. The van der Waals surface area contributed by atoms with Crippen LogP contribution < -0.4 is 0 Å². The Balaban J connectivity index is 1.22. The molecular weight excluding hydrogens is 438 g/mol. The summed E-state index contributed by atoms with van der Waals surface area (Å²) in [6, 6.07) is 0. The molecule has 35 heavy (non-hydrogen) atoms. The summed E-state index contributed by atoms with van der Waals surface area (Å²) in [5.74, 6) is 1.96. The van der Waals surface area contributed by atoms with E-state index < -0.39 is 0 Å². The van der Waals surface area contributed by atoms with E-state index in [0.717, 1.165) is 45.7 Å². The molecule has 5 heteroatoms.